The Kier molecular flexibility index (Phi) is 7.00. The van der Waals surface area contributed by atoms with Crippen molar-refractivity contribution in [3.05, 3.63) is 176 Å². The average molecular weight is 668 g/mol. The molecule has 0 radical (unpaired) electrons. The van der Waals surface area contributed by atoms with Crippen LogP contribution in [0.3, 0.4) is 0 Å². The van der Waals surface area contributed by atoms with E-state index >= 15 is 0 Å². The van der Waals surface area contributed by atoms with Gasteiger partial charge in [-0.25, -0.2) is 15.0 Å². The van der Waals surface area contributed by atoms with E-state index in [1.807, 2.05) is 35.6 Å². The molecule has 0 atom stereocenters. The molecule has 0 spiro atoms. The van der Waals surface area contributed by atoms with Crippen LogP contribution in [0.1, 0.15) is 0 Å². The Hall–Kier alpha value is -6.49. The molecule has 10 rings (SSSR count). The lowest BCUT2D eigenvalue weighted by Gasteiger charge is -2.12. The van der Waals surface area contributed by atoms with Crippen LogP contribution in [-0.4, -0.2) is 15.0 Å². The van der Waals surface area contributed by atoms with Crippen molar-refractivity contribution in [2.45, 2.75) is 0 Å². The number of benzene rings is 8. The number of fused-ring (bicyclic) bond motifs is 5. The van der Waals surface area contributed by atoms with Crippen molar-refractivity contribution in [1.29, 1.82) is 0 Å². The van der Waals surface area contributed by atoms with Crippen molar-refractivity contribution in [1.82, 2.24) is 15.0 Å². The fourth-order valence-electron chi connectivity index (χ4n) is 7.12. The molecule has 2 aromatic heterocycles. The van der Waals surface area contributed by atoms with Crippen molar-refractivity contribution < 1.29 is 0 Å². The molecule has 0 bridgehead atoms. The van der Waals surface area contributed by atoms with Crippen LogP contribution in [0.15, 0.2) is 176 Å². The minimum atomic E-state index is 0.648. The Labute approximate surface area is 299 Å². The van der Waals surface area contributed by atoms with Gasteiger partial charge in [0.15, 0.2) is 17.5 Å². The van der Waals surface area contributed by atoms with Crippen LogP contribution in [0.2, 0.25) is 0 Å². The minimum absolute atomic E-state index is 0.648. The van der Waals surface area contributed by atoms with E-state index in [4.69, 9.17) is 15.0 Å². The van der Waals surface area contributed by atoms with Gasteiger partial charge in [0.1, 0.15) is 0 Å². The third-order valence-electron chi connectivity index (χ3n) is 9.71. The summed E-state index contributed by atoms with van der Waals surface area (Å²) in [6.45, 7) is 0. The number of aromatic nitrogens is 3. The molecule has 4 heteroatoms. The maximum absolute atomic E-state index is 5.23. The Morgan fingerprint density at radius 2 is 0.824 bits per heavy atom. The molecular formula is C47H29N3S. The van der Waals surface area contributed by atoms with E-state index < -0.39 is 0 Å². The molecule has 51 heavy (non-hydrogen) atoms. The van der Waals surface area contributed by atoms with Crippen LogP contribution in [0.5, 0.6) is 0 Å². The van der Waals surface area contributed by atoms with Crippen LogP contribution in [0.25, 0.3) is 98.1 Å². The van der Waals surface area contributed by atoms with Crippen LogP contribution in [-0.2, 0) is 0 Å². The van der Waals surface area contributed by atoms with Gasteiger partial charge in [-0.3, -0.25) is 0 Å². The van der Waals surface area contributed by atoms with E-state index in [1.54, 1.807) is 0 Å². The van der Waals surface area contributed by atoms with Gasteiger partial charge in [-0.2, -0.15) is 0 Å². The van der Waals surface area contributed by atoms with Gasteiger partial charge < -0.3 is 0 Å². The molecule has 0 aliphatic heterocycles. The van der Waals surface area contributed by atoms with E-state index in [1.165, 1.54) is 58.4 Å². The summed E-state index contributed by atoms with van der Waals surface area (Å²) in [6, 6.07) is 62.2. The highest BCUT2D eigenvalue weighted by atomic mass is 32.1. The van der Waals surface area contributed by atoms with Gasteiger partial charge in [0.25, 0.3) is 0 Å². The SMILES string of the molecule is c1ccc(-c2ccc(-c3nc(-c4ccccc4)nc(-c4ccc(-c5ccc6ccccc6c5)c5sc6cc7ccccc7cc6c45)n3)cc2)cc1. The lowest BCUT2D eigenvalue weighted by molar-refractivity contribution is 1.08. The number of hydrogen-bond donors (Lipinski definition) is 0. The molecule has 0 fully saturated rings. The van der Waals surface area contributed by atoms with Crippen LogP contribution < -0.4 is 0 Å². The predicted octanol–water partition coefficient (Wildman–Crippen LogP) is 12.9. The Balaban J connectivity index is 1.22. The second kappa shape index (κ2) is 12.1. The largest absolute Gasteiger partial charge is 0.208 e. The molecule has 3 nitrogen and oxygen atoms in total. The van der Waals surface area contributed by atoms with Gasteiger partial charge in [0, 0.05) is 36.9 Å². The zero-order chi connectivity index (χ0) is 33.7. The first kappa shape index (κ1) is 29.4. The minimum Gasteiger partial charge on any atom is -0.208 e. The molecule has 0 N–H and O–H groups in total. The van der Waals surface area contributed by atoms with Crippen LogP contribution in [0, 0.1) is 0 Å². The molecule has 0 saturated heterocycles. The monoisotopic (exact) mass is 667 g/mol. The fraction of sp³-hybridized carbons (Fsp3) is 0. The number of rotatable bonds is 5. The quantitative estimate of drug-likeness (QED) is 0.183. The molecule has 0 saturated carbocycles. The van der Waals surface area contributed by atoms with Crippen molar-refractivity contribution in [3.8, 4) is 56.4 Å². The highest BCUT2D eigenvalue weighted by Crippen LogP contribution is 2.46. The molecule has 0 aliphatic carbocycles. The fourth-order valence-corrected chi connectivity index (χ4v) is 8.41. The van der Waals surface area contributed by atoms with Crippen molar-refractivity contribution >= 4 is 53.1 Å². The average Bonchev–Trinajstić information content (AvgIpc) is 3.58. The molecular weight excluding hydrogens is 639 g/mol. The maximum Gasteiger partial charge on any atom is 0.164 e. The Bertz CT molecular complexity index is 2900. The smallest absolute Gasteiger partial charge is 0.164 e. The number of nitrogens with zero attached hydrogens (tertiary/aromatic N) is 3. The zero-order valence-electron chi connectivity index (χ0n) is 27.5. The van der Waals surface area contributed by atoms with E-state index in [0.29, 0.717) is 17.5 Å². The van der Waals surface area contributed by atoms with Gasteiger partial charge in [0.2, 0.25) is 0 Å². The molecule has 0 amide bonds. The summed E-state index contributed by atoms with van der Waals surface area (Å²) in [5.41, 5.74) is 7.63. The summed E-state index contributed by atoms with van der Waals surface area (Å²) >= 11 is 1.84. The molecule has 8 aromatic carbocycles. The Morgan fingerprint density at radius 1 is 0.333 bits per heavy atom. The molecule has 2 heterocycles. The summed E-state index contributed by atoms with van der Waals surface area (Å²) in [7, 11) is 0. The zero-order valence-corrected chi connectivity index (χ0v) is 28.3. The van der Waals surface area contributed by atoms with Crippen molar-refractivity contribution in [2.75, 3.05) is 0 Å². The lowest BCUT2D eigenvalue weighted by atomic mass is 9.96. The van der Waals surface area contributed by atoms with E-state index in [2.05, 4.69) is 152 Å². The maximum atomic E-state index is 5.23. The highest BCUT2D eigenvalue weighted by molar-refractivity contribution is 7.26. The van der Waals surface area contributed by atoms with Crippen molar-refractivity contribution in [3.63, 3.8) is 0 Å². The van der Waals surface area contributed by atoms with Gasteiger partial charge in [0.05, 0.1) is 0 Å². The second-order valence-electron chi connectivity index (χ2n) is 12.8. The third-order valence-corrected chi connectivity index (χ3v) is 10.9. The molecule has 0 unspecified atom stereocenters. The van der Waals surface area contributed by atoms with Gasteiger partial charge in [-0.15, -0.1) is 11.3 Å². The third kappa shape index (κ3) is 5.25. The van der Waals surface area contributed by atoms with Gasteiger partial charge in [-0.1, -0.05) is 152 Å². The second-order valence-corrected chi connectivity index (χ2v) is 13.9. The predicted molar refractivity (Wildman–Crippen MR) is 215 cm³/mol. The standard InChI is InChI=1S/C47H29N3S/c1-3-11-30(12-4-1)32-19-22-34(23-20-32)46-48-45(33-14-5-2-6-15-33)49-47(50-46)40-26-25-39(38-24-21-31-13-7-8-16-35(31)27-38)44-43(40)41-28-36-17-9-10-18-37(36)29-42(41)51-44/h1-29H. The summed E-state index contributed by atoms with van der Waals surface area (Å²) in [4.78, 5) is 15.5. The van der Waals surface area contributed by atoms with Crippen molar-refractivity contribution in [2.24, 2.45) is 0 Å². The first-order valence-electron chi connectivity index (χ1n) is 17.1. The van der Waals surface area contributed by atoms with Gasteiger partial charge in [-0.05, 0) is 68.1 Å². The van der Waals surface area contributed by atoms with Crippen LogP contribution >= 0.6 is 11.3 Å². The summed E-state index contributed by atoms with van der Waals surface area (Å²) in [5.74, 6) is 1.96. The van der Waals surface area contributed by atoms with Crippen LogP contribution in [0.4, 0.5) is 0 Å². The van der Waals surface area contributed by atoms with E-state index in [-0.39, 0.29) is 0 Å². The first-order valence-corrected chi connectivity index (χ1v) is 17.9. The molecule has 10 aromatic rings. The number of thiophene rings is 1. The van der Waals surface area contributed by atoms with E-state index in [0.717, 1.165) is 22.3 Å². The normalized spacial score (nSPS) is 11.5. The number of hydrogen-bond acceptors (Lipinski definition) is 4. The lowest BCUT2D eigenvalue weighted by Crippen LogP contribution is -2.00. The summed E-state index contributed by atoms with van der Waals surface area (Å²) < 4.78 is 2.47. The summed E-state index contributed by atoms with van der Waals surface area (Å²) in [6.07, 6.45) is 0. The Morgan fingerprint density at radius 3 is 1.53 bits per heavy atom. The topological polar surface area (TPSA) is 38.7 Å². The molecule has 0 aliphatic rings. The highest BCUT2D eigenvalue weighted by Gasteiger charge is 2.20. The first-order chi connectivity index (χ1) is 25.2. The van der Waals surface area contributed by atoms with Gasteiger partial charge >= 0.3 is 0 Å². The molecule has 238 valence electrons. The van der Waals surface area contributed by atoms with E-state index in [9.17, 15) is 0 Å². The summed E-state index contributed by atoms with van der Waals surface area (Å²) in [5, 5.41) is 7.29.